The molecular formula is C14H31N. The van der Waals surface area contributed by atoms with E-state index < -0.39 is 0 Å². The largest absolute Gasteiger partial charge is 0.309 e. The lowest BCUT2D eigenvalue weighted by molar-refractivity contribution is 0.346. The van der Waals surface area contributed by atoms with Gasteiger partial charge in [-0.1, -0.05) is 58.8 Å². The minimum absolute atomic E-state index is 0.915. The average molecular weight is 213 g/mol. The molecule has 0 N–H and O–H groups in total. The molecule has 1 atom stereocenters. The van der Waals surface area contributed by atoms with Crippen molar-refractivity contribution in [1.29, 1.82) is 0 Å². The lowest BCUT2D eigenvalue weighted by atomic mass is 9.99. The van der Waals surface area contributed by atoms with Gasteiger partial charge in [0.05, 0.1) is 0 Å². The molecule has 0 amide bonds. The maximum atomic E-state index is 2.40. The van der Waals surface area contributed by atoms with E-state index in [0.717, 1.165) is 5.92 Å². The molecule has 0 spiro atoms. The summed E-state index contributed by atoms with van der Waals surface area (Å²) in [7, 11) is 4.33. The molecule has 0 fully saturated rings. The van der Waals surface area contributed by atoms with Gasteiger partial charge in [0.25, 0.3) is 0 Å². The molecular weight excluding hydrogens is 182 g/mol. The first-order chi connectivity index (χ1) is 7.16. The predicted molar refractivity (Wildman–Crippen MR) is 70.3 cm³/mol. The summed E-state index contributed by atoms with van der Waals surface area (Å²) in [4.78, 5) is 2.29. The lowest BCUT2D eigenvalue weighted by Crippen LogP contribution is -2.15. The van der Waals surface area contributed by atoms with Gasteiger partial charge in [-0.15, -0.1) is 0 Å². The van der Waals surface area contributed by atoms with Crippen LogP contribution in [0.25, 0.3) is 0 Å². The molecule has 0 rings (SSSR count). The Bertz CT molecular complexity index is 121. The van der Waals surface area contributed by atoms with E-state index in [1.807, 2.05) is 0 Å². The molecule has 0 aliphatic rings. The minimum Gasteiger partial charge on any atom is -0.309 e. The molecule has 1 nitrogen and oxygen atoms in total. The van der Waals surface area contributed by atoms with E-state index in [-0.39, 0.29) is 0 Å². The summed E-state index contributed by atoms with van der Waals surface area (Å²) >= 11 is 0. The smallest absolute Gasteiger partial charge is 0.00223 e. The molecule has 0 radical (unpaired) electrons. The summed E-state index contributed by atoms with van der Waals surface area (Å²) in [5, 5.41) is 0. The zero-order chi connectivity index (χ0) is 11.5. The molecule has 1 unspecified atom stereocenters. The van der Waals surface area contributed by atoms with Gasteiger partial charge in [-0.05, 0) is 33.0 Å². The van der Waals surface area contributed by atoms with Crippen molar-refractivity contribution in [2.75, 3.05) is 20.6 Å². The Kier molecular flexibility index (Phi) is 10.4. The lowest BCUT2D eigenvalue weighted by Gasteiger charge is -2.14. The summed E-state index contributed by atoms with van der Waals surface area (Å²) in [5.41, 5.74) is 0. The van der Waals surface area contributed by atoms with Crippen LogP contribution in [0.2, 0.25) is 0 Å². The summed E-state index contributed by atoms with van der Waals surface area (Å²) < 4.78 is 0. The molecule has 0 heterocycles. The van der Waals surface area contributed by atoms with Crippen molar-refractivity contribution in [2.45, 2.75) is 65.2 Å². The van der Waals surface area contributed by atoms with E-state index >= 15 is 0 Å². The van der Waals surface area contributed by atoms with Gasteiger partial charge < -0.3 is 4.90 Å². The Labute approximate surface area is 97.2 Å². The van der Waals surface area contributed by atoms with E-state index in [1.54, 1.807) is 0 Å². The van der Waals surface area contributed by atoms with Gasteiger partial charge in [-0.3, -0.25) is 0 Å². The molecule has 0 aromatic rings. The molecule has 92 valence electrons. The van der Waals surface area contributed by atoms with Crippen LogP contribution in [-0.2, 0) is 0 Å². The van der Waals surface area contributed by atoms with Crippen molar-refractivity contribution in [1.82, 2.24) is 4.90 Å². The van der Waals surface area contributed by atoms with Crippen LogP contribution in [-0.4, -0.2) is 25.5 Å². The van der Waals surface area contributed by atoms with Crippen molar-refractivity contribution < 1.29 is 0 Å². The second kappa shape index (κ2) is 10.5. The van der Waals surface area contributed by atoms with Crippen LogP contribution in [0.1, 0.15) is 65.2 Å². The fraction of sp³-hybridized carbons (Fsp3) is 1.00. The number of nitrogens with zero attached hydrogens (tertiary/aromatic N) is 1. The Hall–Kier alpha value is -0.0400. The van der Waals surface area contributed by atoms with Gasteiger partial charge in [-0.2, -0.15) is 0 Å². The third-order valence-electron chi connectivity index (χ3n) is 3.12. The van der Waals surface area contributed by atoms with Crippen molar-refractivity contribution in [2.24, 2.45) is 5.92 Å². The molecule has 0 aromatic carbocycles. The maximum absolute atomic E-state index is 2.40. The Morgan fingerprint density at radius 2 is 1.47 bits per heavy atom. The van der Waals surface area contributed by atoms with Gasteiger partial charge in [0.2, 0.25) is 0 Å². The summed E-state index contributed by atoms with van der Waals surface area (Å²) in [5.74, 6) is 0.915. The van der Waals surface area contributed by atoms with Crippen LogP contribution in [0.15, 0.2) is 0 Å². The molecule has 0 saturated carbocycles. The Balaban J connectivity index is 3.13. The Morgan fingerprint density at radius 3 is 2.07 bits per heavy atom. The highest BCUT2D eigenvalue weighted by molar-refractivity contribution is 4.56. The SMILES string of the molecule is CCCCCCCCC(C)CCN(C)C. The topological polar surface area (TPSA) is 3.24 Å². The average Bonchev–Trinajstić information content (AvgIpc) is 2.20. The summed E-state index contributed by atoms with van der Waals surface area (Å²) in [6.07, 6.45) is 11.4. The molecule has 0 aromatic heterocycles. The minimum atomic E-state index is 0.915. The molecule has 0 aliphatic carbocycles. The number of rotatable bonds is 10. The van der Waals surface area contributed by atoms with Crippen LogP contribution in [0.3, 0.4) is 0 Å². The summed E-state index contributed by atoms with van der Waals surface area (Å²) in [6.45, 7) is 5.93. The van der Waals surface area contributed by atoms with Gasteiger partial charge in [0.15, 0.2) is 0 Å². The first-order valence-electron chi connectivity index (χ1n) is 6.81. The predicted octanol–water partition coefficient (Wildman–Crippen LogP) is 4.32. The highest BCUT2D eigenvalue weighted by atomic mass is 15.0. The van der Waals surface area contributed by atoms with Gasteiger partial charge >= 0.3 is 0 Å². The van der Waals surface area contributed by atoms with Crippen LogP contribution in [0.4, 0.5) is 0 Å². The third-order valence-corrected chi connectivity index (χ3v) is 3.12. The second-order valence-electron chi connectivity index (χ2n) is 5.25. The van der Waals surface area contributed by atoms with Crippen LogP contribution >= 0.6 is 0 Å². The van der Waals surface area contributed by atoms with Crippen LogP contribution in [0.5, 0.6) is 0 Å². The molecule has 15 heavy (non-hydrogen) atoms. The Morgan fingerprint density at radius 1 is 0.867 bits per heavy atom. The molecule has 0 aliphatic heterocycles. The number of hydrogen-bond acceptors (Lipinski definition) is 1. The second-order valence-corrected chi connectivity index (χ2v) is 5.25. The highest BCUT2D eigenvalue weighted by Gasteiger charge is 2.02. The van der Waals surface area contributed by atoms with E-state index in [1.165, 1.54) is 57.9 Å². The van der Waals surface area contributed by atoms with Crippen molar-refractivity contribution in [3.8, 4) is 0 Å². The van der Waals surface area contributed by atoms with Crippen molar-refractivity contribution in [3.63, 3.8) is 0 Å². The van der Waals surface area contributed by atoms with Gasteiger partial charge in [0.1, 0.15) is 0 Å². The van der Waals surface area contributed by atoms with Gasteiger partial charge in [0, 0.05) is 0 Å². The quantitative estimate of drug-likeness (QED) is 0.488. The molecule has 0 saturated heterocycles. The highest BCUT2D eigenvalue weighted by Crippen LogP contribution is 2.14. The van der Waals surface area contributed by atoms with E-state index in [2.05, 4.69) is 32.8 Å². The molecule has 1 heteroatoms. The van der Waals surface area contributed by atoms with Crippen LogP contribution < -0.4 is 0 Å². The normalized spacial score (nSPS) is 13.4. The van der Waals surface area contributed by atoms with Gasteiger partial charge in [-0.25, -0.2) is 0 Å². The van der Waals surface area contributed by atoms with E-state index in [4.69, 9.17) is 0 Å². The standard InChI is InChI=1S/C14H31N/c1-5-6-7-8-9-10-11-14(2)12-13-15(3)4/h14H,5-13H2,1-4H3. The summed E-state index contributed by atoms with van der Waals surface area (Å²) in [6, 6.07) is 0. The fourth-order valence-corrected chi connectivity index (χ4v) is 1.90. The number of unbranched alkanes of at least 4 members (excludes halogenated alkanes) is 5. The van der Waals surface area contributed by atoms with E-state index in [0.29, 0.717) is 0 Å². The monoisotopic (exact) mass is 213 g/mol. The zero-order valence-corrected chi connectivity index (χ0v) is 11.4. The van der Waals surface area contributed by atoms with Crippen LogP contribution in [0, 0.1) is 5.92 Å². The maximum Gasteiger partial charge on any atom is -0.00223 e. The third kappa shape index (κ3) is 11.9. The number of hydrogen-bond donors (Lipinski definition) is 0. The van der Waals surface area contributed by atoms with E-state index in [9.17, 15) is 0 Å². The zero-order valence-electron chi connectivity index (χ0n) is 11.4. The fourth-order valence-electron chi connectivity index (χ4n) is 1.90. The molecule has 0 bridgehead atoms. The first kappa shape index (κ1) is 15.0. The van der Waals surface area contributed by atoms with Crippen molar-refractivity contribution >= 4 is 0 Å². The first-order valence-corrected chi connectivity index (χ1v) is 6.81. The van der Waals surface area contributed by atoms with Crippen molar-refractivity contribution in [3.05, 3.63) is 0 Å².